The van der Waals surface area contributed by atoms with Crippen LogP contribution in [0.2, 0.25) is 5.02 Å². The summed E-state index contributed by atoms with van der Waals surface area (Å²) in [5, 5.41) is 13.3. The van der Waals surface area contributed by atoms with Crippen LogP contribution in [0.4, 0.5) is 5.69 Å². The SMILES string of the molecule is O=C(c1ccc2c(c1)[C@H](n1cc3cccc(Cl)c3c1O)CCC2)N1CCC2(CCN(c3ccncc3)CC2)C1. The molecule has 7 rings (SSSR count). The number of nitrogens with zero attached hydrogens (tertiary/aromatic N) is 4. The van der Waals surface area contributed by atoms with Crippen LogP contribution in [-0.4, -0.2) is 51.6 Å². The lowest BCUT2D eigenvalue weighted by atomic mass is 9.77. The normalized spacial score (nSPS) is 20.5. The van der Waals surface area contributed by atoms with Crippen molar-refractivity contribution in [3.8, 4) is 5.88 Å². The van der Waals surface area contributed by atoms with Gasteiger partial charge in [-0.05, 0) is 85.4 Å². The van der Waals surface area contributed by atoms with Crippen molar-refractivity contribution in [3.05, 3.63) is 88.8 Å². The van der Waals surface area contributed by atoms with Crippen molar-refractivity contribution in [2.75, 3.05) is 31.1 Å². The van der Waals surface area contributed by atoms with E-state index in [1.165, 1.54) is 11.3 Å². The second kappa shape index (κ2) is 9.60. The lowest BCUT2D eigenvalue weighted by Gasteiger charge is -2.40. The van der Waals surface area contributed by atoms with Gasteiger partial charge in [-0.3, -0.25) is 9.78 Å². The molecule has 3 aliphatic rings. The van der Waals surface area contributed by atoms with E-state index in [1.807, 2.05) is 47.4 Å². The van der Waals surface area contributed by atoms with E-state index in [1.54, 1.807) is 0 Å². The van der Waals surface area contributed by atoms with Crippen LogP contribution in [0.3, 0.4) is 0 Å². The third-order valence-corrected chi connectivity index (χ3v) is 9.70. The van der Waals surface area contributed by atoms with Gasteiger partial charge in [0.15, 0.2) is 0 Å². The number of aromatic hydroxyl groups is 1. The van der Waals surface area contributed by atoms with Crippen LogP contribution in [0.15, 0.2) is 67.1 Å². The highest BCUT2D eigenvalue weighted by Gasteiger charge is 2.42. The smallest absolute Gasteiger partial charge is 0.253 e. The van der Waals surface area contributed by atoms with E-state index in [4.69, 9.17) is 11.6 Å². The number of anilines is 1. The quantitative estimate of drug-likeness (QED) is 0.324. The summed E-state index contributed by atoms with van der Waals surface area (Å²) < 4.78 is 1.95. The zero-order valence-electron chi connectivity index (χ0n) is 22.0. The van der Waals surface area contributed by atoms with E-state index in [0.717, 1.165) is 81.2 Å². The second-order valence-electron chi connectivity index (χ2n) is 11.6. The molecule has 0 radical (unpaired) electrons. The molecular formula is C32H33ClN4O2. The van der Waals surface area contributed by atoms with Crippen molar-refractivity contribution in [2.45, 2.75) is 44.6 Å². The molecule has 1 N–H and O–H groups in total. The maximum absolute atomic E-state index is 13.8. The van der Waals surface area contributed by atoms with E-state index in [-0.39, 0.29) is 23.2 Å². The fourth-order valence-corrected chi connectivity index (χ4v) is 7.42. The number of piperidine rings is 1. The molecule has 7 heteroatoms. The first-order chi connectivity index (χ1) is 19.0. The second-order valence-corrected chi connectivity index (χ2v) is 12.0. The molecule has 200 valence electrons. The number of likely N-dealkylation sites (tertiary alicyclic amines) is 1. The van der Waals surface area contributed by atoms with Gasteiger partial charge >= 0.3 is 0 Å². The number of hydrogen-bond donors (Lipinski definition) is 1. The first kappa shape index (κ1) is 24.5. The number of fused-ring (bicyclic) bond motifs is 2. The Morgan fingerprint density at radius 1 is 1.03 bits per heavy atom. The topological polar surface area (TPSA) is 61.6 Å². The lowest BCUT2D eigenvalue weighted by Crippen LogP contribution is -2.42. The molecule has 0 unspecified atom stereocenters. The minimum Gasteiger partial charge on any atom is -0.494 e. The Hall–Kier alpha value is -3.51. The molecule has 1 atom stereocenters. The van der Waals surface area contributed by atoms with Crippen LogP contribution in [-0.2, 0) is 6.42 Å². The Bertz CT molecular complexity index is 1540. The molecule has 0 bridgehead atoms. The van der Waals surface area contributed by atoms with E-state index in [0.29, 0.717) is 10.4 Å². The fourth-order valence-electron chi connectivity index (χ4n) is 7.15. The van der Waals surface area contributed by atoms with Gasteiger partial charge in [0.25, 0.3) is 5.91 Å². The Labute approximate surface area is 233 Å². The molecule has 1 aliphatic carbocycles. The molecule has 2 aliphatic heterocycles. The molecule has 4 aromatic rings. The Balaban J connectivity index is 1.11. The number of aryl methyl sites for hydroxylation is 1. The summed E-state index contributed by atoms with van der Waals surface area (Å²) in [6.07, 6.45) is 11.9. The van der Waals surface area contributed by atoms with Gasteiger partial charge in [-0.25, -0.2) is 0 Å². The zero-order chi connectivity index (χ0) is 26.6. The summed E-state index contributed by atoms with van der Waals surface area (Å²) in [5.41, 5.74) is 4.59. The lowest BCUT2D eigenvalue weighted by molar-refractivity contribution is 0.0764. The Morgan fingerprint density at radius 3 is 2.62 bits per heavy atom. The molecule has 6 nitrogen and oxygen atoms in total. The summed E-state index contributed by atoms with van der Waals surface area (Å²) >= 11 is 6.43. The third-order valence-electron chi connectivity index (χ3n) is 9.38. The van der Waals surface area contributed by atoms with Crippen molar-refractivity contribution in [1.29, 1.82) is 0 Å². The van der Waals surface area contributed by atoms with Crippen molar-refractivity contribution >= 4 is 34.0 Å². The van der Waals surface area contributed by atoms with Gasteiger partial charge in [0.05, 0.1) is 16.5 Å². The standard InChI is InChI=1S/C32H33ClN4O2/c33-27-5-1-4-24-20-37(31(39)29(24)27)28-6-2-3-22-7-8-23(19-26(22)28)30(38)36-18-13-32(21-36)11-16-35(17-12-32)25-9-14-34-15-10-25/h1,4-5,7-10,14-15,19-20,28,39H,2-3,6,11-13,16-18,21H2/t28-/m1/s1. The van der Waals surface area contributed by atoms with Crippen LogP contribution in [0, 0.1) is 5.41 Å². The average molecular weight is 541 g/mol. The predicted octanol–water partition coefficient (Wildman–Crippen LogP) is 6.45. The van der Waals surface area contributed by atoms with Gasteiger partial charge in [0.1, 0.15) is 0 Å². The van der Waals surface area contributed by atoms with Gasteiger partial charge in [0.2, 0.25) is 5.88 Å². The number of pyridine rings is 1. The third kappa shape index (κ3) is 4.26. The number of rotatable bonds is 3. The average Bonchev–Trinajstić information content (AvgIpc) is 3.54. The number of carbonyl (C=O) groups excluding carboxylic acids is 1. The van der Waals surface area contributed by atoms with Crippen molar-refractivity contribution in [3.63, 3.8) is 0 Å². The van der Waals surface area contributed by atoms with Crippen LogP contribution in [0.5, 0.6) is 5.88 Å². The molecule has 1 spiro atoms. The molecule has 2 fully saturated rings. The number of benzene rings is 2. The summed E-state index contributed by atoms with van der Waals surface area (Å²) in [4.78, 5) is 22.4. The van der Waals surface area contributed by atoms with Crippen LogP contribution in [0.1, 0.15) is 59.6 Å². The number of aromatic nitrogens is 2. The Kier molecular flexibility index (Phi) is 6.03. The van der Waals surface area contributed by atoms with Crippen molar-refractivity contribution in [1.82, 2.24) is 14.5 Å². The predicted molar refractivity (Wildman–Crippen MR) is 155 cm³/mol. The highest BCUT2D eigenvalue weighted by atomic mass is 35.5. The summed E-state index contributed by atoms with van der Waals surface area (Å²) in [7, 11) is 0. The highest BCUT2D eigenvalue weighted by Crippen LogP contribution is 2.43. The molecule has 39 heavy (non-hydrogen) atoms. The molecule has 2 aromatic heterocycles. The molecular weight excluding hydrogens is 508 g/mol. The van der Waals surface area contributed by atoms with Gasteiger partial charge in [-0.2, -0.15) is 0 Å². The van der Waals surface area contributed by atoms with Crippen LogP contribution >= 0.6 is 11.6 Å². The zero-order valence-corrected chi connectivity index (χ0v) is 22.8. The van der Waals surface area contributed by atoms with E-state index in [9.17, 15) is 9.90 Å². The minimum atomic E-state index is -0.0209. The number of carbonyl (C=O) groups is 1. The molecule has 1 amide bonds. The van der Waals surface area contributed by atoms with Crippen LogP contribution in [0.25, 0.3) is 10.8 Å². The fraction of sp³-hybridized carbons (Fsp3) is 0.375. The van der Waals surface area contributed by atoms with Crippen LogP contribution < -0.4 is 4.90 Å². The summed E-state index contributed by atoms with van der Waals surface area (Å²) in [6, 6.07) is 16.1. The highest BCUT2D eigenvalue weighted by molar-refractivity contribution is 6.36. The van der Waals surface area contributed by atoms with E-state index < -0.39 is 0 Å². The number of amides is 1. The maximum Gasteiger partial charge on any atom is 0.253 e. The minimum absolute atomic E-state index is 0.0209. The molecule has 2 saturated heterocycles. The number of halogens is 1. The summed E-state index contributed by atoms with van der Waals surface area (Å²) in [5.74, 6) is 0.324. The molecule has 0 saturated carbocycles. The van der Waals surface area contributed by atoms with Crippen molar-refractivity contribution in [2.24, 2.45) is 5.41 Å². The van der Waals surface area contributed by atoms with Gasteiger partial charge in [-0.15, -0.1) is 0 Å². The first-order valence-corrected chi connectivity index (χ1v) is 14.4. The monoisotopic (exact) mass is 540 g/mol. The largest absolute Gasteiger partial charge is 0.494 e. The van der Waals surface area contributed by atoms with Gasteiger partial charge in [0, 0.05) is 61.4 Å². The Morgan fingerprint density at radius 2 is 1.82 bits per heavy atom. The maximum atomic E-state index is 13.8. The van der Waals surface area contributed by atoms with E-state index in [2.05, 4.69) is 39.0 Å². The van der Waals surface area contributed by atoms with Gasteiger partial charge < -0.3 is 19.5 Å². The van der Waals surface area contributed by atoms with Gasteiger partial charge in [-0.1, -0.05) is 29.8 Å². The number of hydrogen-bond acceptors (Lipinski definition) is 4. The summed E-state index contributed by atoms with van der Waals surface area (Å²) in [6.45, 7) is 3.69. The molecule has 2 aromatic carbocycles. The van der Waals surface area contributed by atoms with Crippen molar-refractivity contribution < 1.29 is 9.90 Å². The first-order valence-electron chi connectivity index (χ1n) is 14.1. The van der Waals surface area contributed by atoms with E-state index >= 15 is 0 Å². The molecule has 4 heterocycles.